The lowest BCUT2D eigenvalue weighted by Gasteiger charge is -2.41. The smallest absolute Gasteiger partial charge is 0.397 e. The molecule has 0 radical (unpaired) electrons. The molecule has 1 aliphatic heterocycles. The van der Waals surface area contributed by atoms with Gasteiger partial charge >= 0.3 is 16.4 Å². The number of allylic oxidation sites excluding steroid dienone is 4. The molecule has 288 valence electrons. The first kappa shape index (κ1) is 45.6. The molecule has 1 rings (SSSR count). The Hall–Kier alpha value is -1.42. The van der Waals surface area contributed by atoms with Crippen molar-refractivity contribution in [3.8, 4) is 0 Å². The van der Waals surface area contributed by atoms with E-state index in [1.807, 2.05) is 0 Å². The van der Waals surface area contributed by atoms with E-state index in [0.29, 0.717) is 13.0 Å². The second-order valence-corrected chi connectivity index (χ2v) is 13.9. The minimum atomic E-state index is -5.05. The second-order valence-electron chi connectivity index (χ2n) is 12.8. The van der Waals surface area contributed by atoms with Gasteiger partial charge in [0, 0.05) is 13.0 Å². The van der Waals surface area contributed by atoms with Gasteiger partial charge in [-0.3, -0.25) is 9.35 Å². The lowest BCUT2D eigenvalue weighted by atomic mass is 9.99. The van der Waals surface area contributed by atoms with Gasteiger partial charge in [-0.2, -0.15) is 8.42 Å². The van der Waals surface area contributed by atoms with E-state index in [2.05, 4.69) is 42.3 Å². The lowest BCUT2D eigenvalue weighted by Crippen LogP contribution is -2.60. The lowest BCUT2D eigenvalue weighted by molar-refractivity contribution is -0.301. The highest BCUT2D eigenvalue weighted by Crippen LogP contribution is 2.26. The fourth-order valence-corrected chi connectivity index (χ4v) is 5.97. The zero-order chi connectivity index (χ0) is 36.2. The molecule has 1 aliphatic rings. The number of esters is 1. The van der Waals surface area contributed by atoms with Crippen molar-refractivity contribution in [3.05, 3.63) is 24.3 Å². The van der Waals surface area contributed by atoms with Crippen LogP contribution >= 0.6 is 0 Å². The molecule has 13 heteroatoms. The number of ether oxygens (including phenoxy) is 4. The summed E-state index contributed by atoms with van der Waals surface area (Å²) in [5.41, 5.74) is 0. The Kier molecular flexibility index (Phi) is 27.2. The Morgan fingerprint density at radius 3 is 1.96 bits per heavy atom. The molecule has 49 heavy (non-hydrogen) atoms. The van der Waals surface area contributed by atoms with E-state index in [1.165, 1.54) is 44.9 Å². The van der Waals surface area contributed by atoms with Gasteiger partial charge in [0.15, 0.2) is 6.29 Å². The summed E-state index contributed by atoms with van der Waals surface area (Å²) in [6.45, 7) is 3.86. The van der Waals surface area contributed by atoms with Crippen LogP contribution in [-0.4, -0.2) is 97.5 Å². The van der Waals surface area contributed by atoms with Gasteiger partial charge in [0.1, 0.15) is 30.5 Å². The van der Waals surface area contributed by atoms with Crippen LogP contribution in [0.15, 0.2) is 24.3 Å². The molecule has 0 aliphatic carbocycles. The molecule has 1 fully saturated rings. The van der Waals surface area contributed by atoms with Crippen LogP contribution in [0.1, 0.15) is 136 Å². The van der Waals surface area contributed by atoms with Crippen LogP contribution in [-0.2, 0) is 38.3 Å². The number of aliphatic hydroxyl groups excluding tert-OH is 3. The van der Waals surface area contributed by atoms with Gasteiger partial charge in [0.25, 0.3) is 0 Å². The zero-order valence-corrected chi connectivity index (χ0v) is 30.8. The monoisotopic (exact) mass is 722 g/mol. The summed E-state index contributed by atoms with van der Waals surface area (Å²) in [6.07, 6.45) is 19.6. The largest absolute Gasteiger partial charge is 0.457 e. The molecule has 0 saturated carbocycles. The molecule has 1 saturated heterocycles. The number of rotatable bonds is 31. The Morgan fingerprint density at radius 2 is 1.35 bits per heavy atom. The maximum atomic E-state index is 12.7. The van der Waals surface area contributed by atoms with Crippen molar-refractivity contribution in [1.29, 1.82) is 0 Å². The van der Waals surface area contributed by atoms with Crippen LogP contribution < -0.4 is 0 Å². The third-order valence-electron chi connectivity index (χ3n) is 8.33. The van der Waals surface area contributed by atoms with Gasteiger partial charge < -0.3 is 34.3 Å². The van der Waals surface area contributed by atoms with Crippen molar-refractivity contribution < 1.29 is 56.2 Å². The SMILES string of the molecule is CCCCCC/C=C\C/C=C\CCCCCCCC(=O)OC(COCCCCCCCC)COC1OC(CO)C(O)C(OS(=O)(=O)O)C1O. The Morgan fingerprint density at radius 1 is 0.776 bits per heavy atom. The summed E-state index contributed by atoms with van der Waals surface area (Å²) < 4.78 is 58.5. The predicted octanol–water partition coefficient (Wildman–Crippen LogP) is 6.12. The van der Waals surface area contributed by atoms with Crippen molar-refractivity contribution >= 4 is 16.4 Å². The molecule has 0 bridgehead atoms. The van der Waals surface area contributed by atoms with Crippen molar-refractivity contribution in [2.75, 3.05) is 26.4 Å². The molecular formula is C36H66O12S. The first-order valence-corrected chi connectivity index (χ1v) is 20.0. The maximum absolute atomic E-state index is 12.7. The normalized spacial score (nSPS) is 22.3. The average Bonchev–Trinajstić information content (AvgIpc) is 3.06. The fourth-order valence-electron chi connectivity index (χ4n) is 5.46. The van der Waals surface area contributed by atoms with Crippen LogP contribution in [0.5, 0.6) is 0 Å². The molecule has 6 atom stereocenters. The van der Waals surface area contributed by atoms with Crippen molar-refractivity contribution in [3.63, 3.8) is 0 Å². The molecule has 4 N–H and O–H groups in total. The summed E-state index contributed by atoms with van der Waals surface area (Å²) in [4.78, 5) is 12.7. The van der Waals surface area contributed by atoms with Crippen molar-refractivity contribution in [2.24, 2.45) is 0 Å². The third kappa shape index (κ3) is 23.6. The molecular weight excluding hydrogens is 656 g/mol. The highest BCUT2D eigenvalue weighted by molar-refractivity contribution is 7.80. The molecule has 0 aromatic carbocycles. The van der Waals surface area contributed by atoms with E-state index in [0.717, 1.165) is 64.2 Å². The van der Waals surface area contributed by atoms with E-state index in [1.54, 1.807) is 0 Å². The standard InChI is InChI=1S/C36H66O12S/c1-3-5-7-9-11-12-13-14-15-16-17-18-19-20-21-23-25-32(38)46-30(28-44-26-24-22-10-8-6-4-2)29-45-36-34(40)35(48-49(41,42)43)33(39)31(27-37)47-36/h12-13,15-16,30-31,33-37,39-40H,3-11,14,17-29H2,1-2H3,(H,41,42,43)/b13-12-,16-15-. The number of aliphatic hydroxyl groups is 3. The first-order valence-electron chi connectivity index (χ1n) is 18.6. The summed E-state index contributed by atoms with van der Waals surface area (Å²) in [6, 6.07) is 0. The zero-order valence-electron chi connectivity index (χ0n) is 30.0. The van der Waals surface area contributed by atoms with E-state index in [-0.39, 0.29) is 19.6 Å². The Bertz CT molecular complexity index is 973. The fraction of sp³-hybridized carbons (Fsp3) is 0.861. The predicted molar refractivity (Wildman–Crippen MR) is 188 cm³/mol. The maximum Gasteiger partial charge on any atom is 0.397 e. The van der Waals surface area contributed by atoms with E-state index < -0.39 is 59.8 Å². The van der Waals surface area contributed by atoms with Gasteiger partial charge in [-0.25, -0.2) is 4.18 Å². The molecule has 0 spiro atoms. The highest BCUT2D eigenvalue weighted by atomic mass is 32.3. The third-order valence-corrected chi connectivity index (χ3v) is 8.79. The second kappa shape index (κ2) is 29.2. The molecule has 6 unspecified atom stereocenters. The van der Waals surface area contributed by atoms with Gasteiger partial charge in [0.05, 0.1) is 19.8 Å². The van der Waals surface area contributed by atoms with E-state index in [4.69, 9.17) is 23.5 Å². The number of carbonyl (C=O) groups excluding carboxylic acids is 1. The molecule has 0 aromatic heterocycles. The molecule has 0 amide bonds. The molecule has 1 heterocycles. The number of hydrogen-bond donors (Lipinski definition) is 4. The Labute approximate surface area is 295 Å². The minimum absolute atomic E-state index is 0.0305. The topological polar surface area (TPSA) is 178 Å². The summed E-state index contributed by atoms with van der Waals surface area (Å²) in [5.74, 6) is -0.417. The van der Waals surface area contributed by atoms with Crippen molar-refractivity contribution in [2.45, 2.75) is 173 Å². The number of carbonyl (C=O) groups is 1. The van der Waals surface area contributed by atoms with Crippen LogP contribution in [0, 0.1) is 0 Å². The summed E-state index contributed by atoms with van der Waals surface area (Å²) in [5, 5.41) is 30.4. The van der Waals surface area contributed by atoms with Gasteiger partial charge in [-0.05, 0) is 44.9 Å². The van der Waals surface area contributed by atoms with Gasteiger partial charge in [-0.15, -0.1) is 0 Å². The summed E-state index contributed by atoms with van der Waals surface area (Å²) >= 11 is 0. The quantitative estimate of drug-likeness (QED) is 0.0279. The van der Waals surface area contributed by atoms with Crippen LogP contribution in [0.4, 0.5) is 0 Å². The average molecular weight is 723 g/mol. The van der Waals surface area contributed by atoms with E-state index in [9.17, 15) is 28.5 Å². The Balaban J connectivity index is 2.47. The molecule has 0 aromatic rings. The van der Waals surface area contributed by atoms with Crippen molar-refractivity contribution in [1.82, 2.24) is 0 Å². The molecule has 12 nitrogen and oxygen atoms in total. The first-order chi connectivity index (χ1) is 23.6. The minimum Gasteiger partial charge on any atom is -0.457 e. The van der Waals surface area contributed by atoms with Crippen LogP contribution in [0.2, 0.25) is 0 Å². The number of unbranched alkanes of at least 4 members (excludes halogenated alkanes) is 14. The highest BCUT2D eigenvalue weighted by Gasteiger charge is 2.48. The van der Waals surface area contributed by atoms with Gasteiger partial charge in [0.2, 0.25) is 0 Å². The van der Waals surface area contributed by atoms with Crippen LogP contribution in [0.3, 0.4) is 0 Å². The van der Waals surface area contributed by atoms with E-state index >= 15 is 0 Å². The number of hydrogen-bond acceptors (Lipinski definition) is 11. The summed E-state index contributed by atoms with van der Waals surface area (Å²) in [7, 11) is -5.05. The van der Waals surface area contributed by atoms with Gasteiger partial charge in [-0.1, -0.05) is 109 Å². The van der Waals surface area contributed by atoms with Crippen LogP contribution in [0.25, 0.3) is 0 Å².